The lowest BCUT2D eigenvalue weighted by atomic mass is 10.2. The highest BCUT2D eigenvalue weighted by Crippen LogP contribution is 2.24. The number of ether oxygens (including phenoxy) is 1. The minimum Gasteiger partial charge on any atom is -0.444 e. The van der Waals surface area contributed by atoms with Gasteiger partial charge in [-0.25, -0.2) is 9.78 Å². The van der Waals surface area contributed by atoms with Gasteiger partial charge < -0.3 is 15.4 Å². The molecule has 24 heavy (non-hydrogen) atoms. The van der Waals surface area contributed by atoms with Crippen molar-refractivity contribution in [3.63, 3.8) is 0 Å². The Morgan fingerprint density at radius 3 is 2.92 bits per heavy atom. The van der Waals surface area contributed by atoms with E-state index in [1.54, 1.807) is 17.5 Å². The molecule has 6 nitrogen and oxygen atoms in total. The molecule has 1 saturated carbocycles. The molecule has 2 aromatic heterocycles. The van der Waals surface area contributed by atoms with Crippen LogP contribution in [0.2, 0.25) is 0 Å². The maximum atomic E-state index is 11.7. The lowest BCUT2D eigenvalue weighted by Crippen LogP contribution is -2.36. The number of thiazole rings is 1. The second kappa shape index (κ2) is 6.86. The number of aromatic nitrogens is 2. The summed E-state index contributed by atoms with van der Waals surface area (Å²) in [6, 6.07) is 6.22. The van der Waals surface area contributed by atoms with Gasteiger partial charge in [-0.05, 0) is 39.3 Å². The topological polar surface area (TPSA) is 76.1 Å². The number of alkyl carbamates (subject to hydrolysis) is 1. The van der Waals surface area contributed by atoms with Crippen LogP contribution in [0.25, 0.3) is 10.7 Å². The number of carbonyl (C=O) groups excluding carboxylic acids is 1. The van der Waals surface area contributed by atoms with Crippen LogP contribution in [0.3, 0.4) is 0 Å². The molecule has 2 N–H and O–H groups in total. The van der Waals surface area contributed by atoms with Crippen LogP contribution in [-0.4, -0.2) is 33.7 Å². The Hall–Kier alpha value is -1.99. The van der Waals surface area contributed by atoms with Gasteiger partial charge in [0.25, 0.3) is 0 Å². The van der Waals surface area contributed by atoms with Crippen molar-refractivity contribution in [3.05, 3.63) is 35.5 Å². The minimum absolute atomic E-state index is 0.133. The fraction of sp³-hybridized carbons (Fsp3) is 0.471. The van der Waals surface area contributed by atoms with E-state index in [1.165, 1.54) is 0 Å². The van der Waals surface area contributed by atoms with Gasteiger partial charge >= 0.3 is 6.09 Å². The van der Waals surface area contributed by atoms with Crippen molar-refractivity contribution in [3.8, 4) is 10.7 Å². The van der Waals surface area contributed by atoms with Crippen molar-refractivity contribution >= 4 is 17.4 Å². The maximum Gasteiger partial charge on any atom is 0.407 e. The van der Waals surface area contributed by atoms with Crippen LogP contribution >= 0.6 is 11.3 Å². The van der Waals surface area contributed by atoms with Gasteiger partial charge in [-0.1, -0.05) is 6.07 Å². The van der Waals surface area contributed by atoms with Crippen LogP contribution in [0.4, 0.5) is 4.79 Å². The Morgan fingerprint density at radius 1 is 1.38 bits per heavy atom. The van der Waals surface area contributed by atoms with E-state index in [0.29, 0.717) is 6.54 Å². The Bertz CT molecular complexity index is 696. The molecule has 2 unspecified atom stereocenters. The molecule has 2 atom stereocenters. The second-order valence-corrected chi connectivity index (χ2v) is 7.69. The van der Waals surface area contributed by atoms with E-state index in [4.69, 9.17) is 4.74 Å². The Kier molecular flexibility index (Phi) is 4.82. The first-order chi connectivity index (χ1) is 11.4. The number of hydrogen-bond donors (Lipinski definition) is 2. The molecule has 1 fully saturated rings. The molecular formula is C17H22N4O2S. The van der Waals surface area contributed by atoms with Crippen molar-refractivity contribution in [1.82, 2.24) is 20.6 Å². The lowest BCUT2D eigenvalue weighted by molar-refractivity contribution is 0.0522. The first-order valence-corrected chi connectivity index (χ1v) is 8.87. The summed E-state index contributed by atoms with van der Waals surface area (Å²) in [5.41, 5.74) is 1.41. The molecule has 1 amide bonds. The first kappa shape index (κ1) is 16.9. The zero-order valence-corrected chi connectivity index (χ0v) is 14.9. The van der Waals surface area contributed by atoms with E-state index in [-0.39, 0.29) is 18.2 Å². The molecule has 0 aliphatic heterocycles. The molecule has 0 aromatic carbocycles. The summed E-state index contributed by atoms with van der Waals surface area (Å²) < 4.78 is 5.26. The summed E-state index contributed by atoms with van der Waals surface area (Å²) in [5.74, 6) is 0. The second-order valence-electron chi connectivity index (χ2n) is 6.83. The zero-order chi connectivity index (χ0) is 17.2. The van der Waals surface area contributed by atoms with Gasteiger partial charge in [0.05, 0.1) is 11.4 Å². The van der Waals surface area contributed by atoms with E-state index >= 15 is 0 Å². The highest BCUT2D eigenvalue weighted by atomic mass is 32.1. The molecule has 128 valence electrons. The largest absolute Gasteiger partial charge is 0.444 e. The minimum atomic E-state index is -0.468. The summed E-state index contributed by atoms with van der Waals surface area (Å²) in [6.45, 7) is 6.25. The number of pyridine rings is 1. The molecule has 1 aliphatic rings. The molecule has 2 heterocycles. The van der Waals surface area contributed by atoms with Crippen LogP contribution in [0.1, 0.15) is 32.9 Å². The molecule has 0 spiro atoms. The van der Waals surface area contributed by atoms with Crippen LogP contribution in [0.5, 0.6) is 0 Å². The molecule has 0 radical (unpaired) electrons. The number of amides is 1. The molecular weight excluding hydrogens is 324 g/mol. The summed E-state index contributed by atoms with van der Waals surface area (Å²) in [4.78, 5) is 20.6. The third-order valence-corrected chi connectivity index (χ3v) is 4.39. The van der Waals surface area contributed by atoms with Crippen LogP contribution in [0, 0.1) is 0 Å². The Labute approximate surface area is 145 Å². The maximum absolute atomic E-state index is 11.7. The first-order valence-electron chi connectivity index (χ1n) is 7.99. The molecule has 7 heteroatoms. The number of nitrogens with one attached hydrogen (secondary N) is 2. The van der Waals surface area contributed by atoms with Crippen molar-refractivity contribution < 1.29 is 9.53 Å². The van der Waals surface area contributed by atoms with Gasteiger partial charge in [0, 0.05) is 30.2 Å². The van der Waals surface area contributed by atoms with Crippen molar-refractivity contribution in [1.29, 1.82) is 0 Å². The van der Waals surface area contributed by atoms with Crippen molar-refractivity contribution in [2.45, 2.75) is 51.4 Å². The summed E-state index contributed by atoms with van der Waals surface area (Å²) in [6.07, 6.45) is 2.32. The molecule has 2 aromatic rings. The fourth-order valence-corrected chi connectivity index (χ4v) is 3.06. The Balaban J connectivity index is 1.43. The number of rotatable bonds is 5. The van der Waals surface area contributed by atoms with Gasteiger partial charge in [-0.3, -0.25) is 4.98 Å². The zero-order valence-electron chi connectivity index (χ0n) is 14.1. The van der Waals surface area contributed by atoms with Gasteiger partial charge in [0.2, 0.25) is 0 Å². The lowest BCUT2D eigenvalue weighted by Gasteiger charge is -2.19. The van der Waals surface area contributed by atoms with E-state index < -0.39 is 5.60 Å². The fourth-order valence-electron chi connectivity index (χ4n) is 2.27. The summed E-state index contributed by atoms with van der Waals surface area (Å²) in [5, 5.41) is 9.25. The molecule has 0 bridgehead atoms. The highest BCUT2D eigenvalue weighted by molar-refractivity contribution is 7.13. The summed E-state index contributed by atoms with van der Waals surface area (Å²) >= 11 is 1.59. The van der Waals surface area contributed by atoms with Gasteiger partial charge in [-0.2, -0.15) is 0 Å². The van der Waals surface area contributed by atoms with Crippen LogP contribution in [-0.2, 0) is 11.3 Å². The predicted octanol–water partition coefficient (Wildman–Crippen LogP) is 2.96. The number of nitrogens with zero attached hydrogens (tertiary/aromatic N) is 2. The van der Waals surface area contributed by atoms with E-state index in [2.05, 4.69) is 20.6 Å². The highest BCUT2D eigenvalue weighted by Gasteiger charge is 2.38. The predicted molar refractivity (Wildman–Crippen MR) is 93.7 cm³/mol. The van der Waals surface area contributed by atoms with Crippen LogP contribution in [0.15, 0.2) is 29.8 Å². The third kappa shape index (κ3) is 4.75. The average Bonchev–Trinajstić information content (AvgIpc) is 3.07. The van der Waals surface area contributed by atoms with E-state index in [0.717, 1.165) is 22.8 Å². The standard InChI is InChI=1S/C17H22N4O2S/c1-17(2,3)23-16(22)21-14-8-13(14)19-9-11-10-24-15(20-11)12-6-4-5-7-18-12/h4-7,10,13-14,19H,8-9H2,1-3H3,(H,21,22). The Morgan fingerprint density at radius 2 is 2.21 bits per heavy atom. The van der Waals surface area contributed by atoms with Gasteiger partial charge in [-0.15, -0.1) is 11.3 Å². The van der Waals surface area contributed by atoms with E-state index in [9.17, 15) is 4.79 Å². The van der Waals surface area contributed by atoms with Gasteiger partial charge in [0.15, 0.2) is 0 Å². The number of carbonyl (C=O) groups is 1. The molecule has 1 aliphatic carbocycles. The van der Waals surface area contributed by atoms with E-state index in [1.807, 2.05) is 44.4 Å². The average molecular weight is 346 g/mol. The molecule has 0 saturated heterocycles. The number of hydrogen-bond acceptors (Lipinski definition) is 6. The van der Waals surface area contributed by atoms with Crippen molar-refractivity contribution in [2.24, 2.45) is 0 Å². The van der Waals surface area contributed by atoms with Crippen LogP contribution < -0.4 is 10.6 Å². The normalized spacial score (nSPS) is 19.8. The SMILES string of the molecule is CC(C)(C)OC(=O)NC1CC1NCc1csc(-c2ccccn2)n1. The molecule has 3 rings (SSSR count). The summed E-state index contributed by atoms with van der Waals surface area (Å²) in [7, 11) is 0. The monoisotopic (exact) mass is 346 g/mol. The van der Waals surface area contributed by atoms with Crippen molar-refractivity contribution in [2.75, 3.05) is 0 Å². The third-order valence-electron chi connectivity index (χ3n) is 3.47. The smallest absolute Gasteiger partial charge is 0.407 e. The van der Waals surface area contributed by atoms with Gasteiger partial charge in [0.1, 0.15) is 10.6 Å². The quantitative estimate of drug-likeness (QED) is 0.870.